The molecule has 3 saturated heterocycles. The monoisotopic (exact) mass is 713 g/mol. The third-order valence-corrected chi connectivity index (χ3v) is 11.1. The molecule has 2 aromatic rings. The van der Waals surface area contributed by atoms with Gasteiger partial charge < -0.3 is 28.9 Å². The Labute approximate surface area is 295 Å². The molecule has 3 fully saturated rings. The highest BCUT2D eigenvalue weighted by Gasteiger charge is 2.37. The Morgan fingerprint density at radius 1 is 0.800 bits per heavy atom. The number of benzene rings is 1. The van der Waals surface area contributed by atoms with Crippen molar-refractivity contribution in [2.75, 3.05) is 78.6 Å². The van der Waals surface area contributed by atoms with E-state index in [9.17, 15) is 18.0 Å². The minimum absolute atomic E-state index is 0.0318. The second kappa shape index (κ2) is 13.7. The third kappa shape index (κ3) is 8.03. The van der Waals surface area contributed by atoms with E-state index in [0.717, 1.165) is 50.3 Å². The van der Waals surface area contributed by atoms with Crippen molar-refractivity contribution in [3.63, 3.8) is 0 Å². The number of carbonyl (C=O) groups is 2. The summed E-state index contributed by atoms with van der Waals surface area (Å²) in [5.41, 5.74) is 1.71. The van der Waals surface area contributed by atoms with Gasteiger partial charge in [0.25, 0.3) is 0 Å². The molecule has 2 amide bonds. The van der Waals surface area contributed by atoms with Crippen LogP contribution in [0.25, 0.3) is 0 Å². The van der Waals surface area contributed by atoms with Crippen LogP contribution in [0.5, 0.6) is 5.75 Å². The molecule has 1 aromatic carbocycles. The number of hydrogen-bond donors (Lipinski definition) is 0. The Bertz CT molecular complexity index is 1690. The molecular weight excluding hydrogens is 662 g/mol. The van der Waals surface area contributed by atoms with Crippen LogP contribution >= 0.6 is 0 Å². The quantitative estimate of drug-likeness (QED) is 0.443. The Morgan fingerprint density at radius 2 is 1.40 bits per heavy atom. The number of nitrogens with zero attached hydrogens (tertiary/aromatic N) is 7. The fourth-order valence-corrected chi connectivity index (χ4v) is 8.22. The summed E-state index contributed by atoms with van der Waals surface area (Å²) >= 11 is 0. The Morgan fingerprint density at radius 3 is 2.02 bits per heavy atom. The number of aromatic nitrogens is 2. The van der Waals surface area contributed by atoms with Gasteiger partial charge >= 0.3 is 12.2 Å². The summed E-state index contributed by atoms with van der Waals surface area (Å²) in [6.07, 6.45) is 2.52. The number of anilines is 4. The zero-order valence-electron chi connectivity index (χ0n) is 30.4. The van der Waals surface area contributed by atoms with Gasteiger partial charge in [-0.25, -0.2) is 32.9 Å². The van der Waals surface area contributed by atoms with E-state index in [0.29, 0.717) is 60.9 Å². The molecule has 0 N–H and O–H groups in total. The number of carbonyl (C=O) groups excluding carboxylic acids is 2. The Kier molecular flexibility index (Phi) is 9.85. The summed E-state index contributed by atoms with van der Waals surface area (Å²) in [5, 5.41) is 0. The molecule has 0 aliphatic carbocycles. The van der Waals surface area contributed by atoms with Gasteiger partial charge in [-0.05, 0) is 79.0 Å². The molecule has 0 spiro atoms. The third-order valence-electron chi connectivity index (χ3n) is 9.49. The number of hydrogen-bond acceptors (Lipinski definition) is 12. The van der Waals surface area contributed by atoms with E-state index in [1.807, 2.05) is 59.4 Å². The van der Waals surface area contributed by atoms with Crippen molar-refractivity contribution in [3.8, 4) is 5.75 Å². The fraction of sp³-hybridized carbons (Fsp3) is 0.657. The summed E-state index contributed by atoms with van der Waals surface area (Å²) in [4.78, 5) is 45.8. The second-order valence-electron chi connectivity index (χ2n) is 15.6. The van der Waals surface area contributed by atoms with Crippen LogP contribution in [0.15, 0.2) is 18.5 Å². The molecule has 5 heterocycles. The largest absolute Gasteiger partial charge is 0.486 e. The first-order chi connectivity index (χ1) is 23.5. The van der Waals surface area contributed by atoms with E-state index in [2.05, 4.69) is 25.8 Å². The highest BCUT2D eigenvalue weighted by molar-refractivity contribution is 7.91. The number of rotatable bonds is 3. The zero-order valence-corrected chi connectivity index (χ0v) is 31.2. The Hall–Kier alpha value is -3.85. The molecule has 0 atom stereocenters. The van der Waals surface area contributed by atoms with Crippen LogP contribution < -0.4 is 19.4 Å². The summed E-state index contributed by atoms with van der Waals surface area (Å²) < 4.78 is 42.3. The molecule has 0 unspecified atom stereocenters. The molecule has 1 aromatic heterocycles. The lowest BCUT2D eigenvalue weighted by atomic mass is 10.0. The molecule has 6 rings (SSSR count). The van der Waals surface area contributed by atoms with Gasteiger partial charge in [0.2, 0.25) is 0 Å². The van der Waals surface area contributed by atoms with Crippen LogP contribution in [-0.4, -0.2) is 121 Å². The molecule has 0 bridgehead atoms. The number of piperazine rings is 1. The highest BCUT2D eigenvalue weighted by Crippen LogP contribution is 2.45. The first-order valence-electron chi connectivity index (χ1n) is 17.5. The van der Waals surface area contributed by atoms with E-state index >= 15 is 0 Å². The minimum Gasteiger partial charge on any atom is -0.486 e. The number of ether oxygens (including phenoxy) is 3. The number of sulfone groups is 1. The topological polar surface area (TPSA) is 138 Å². The van der Waals surface area contributed by atoms with Gasteiger partial charge in [-0.1, -0.05) is 0 Å². The summed E-state index contributed by atoms with van der Waals surface area (Å²) in [7, 11) is -3.11. The lowest BCUT2D eigenvalue weighted by Gasteiger charge is -2.43. The van der Waals surface area contributed by atoms with Crippen LogP contribution in [0.1, 0.15) is 65.5 Å². The molecule has 0 saturated carbocycles. The lowest BCUT2D eigenvalue weighted by molar-refractivity contribution is 0.00899. The summed E-state index contributed by atoms with van der Waals surface area (Å²) in [5.74, 6) is 1.53. The molecule has 274 valence electrons. The van der Waals surface area contributed by atoms with Gasteiger partial charge in [0.15, 0.2) is 15.7 Å². The summed E-state index contributed by atoms with van der Waals surface area (Å²) in [6.45, 7) is 18.4. The van der Waals surface area contributed by atoms with E-state index in [1.54, 1.807) is 4.90 Å². The van der Waals surface area contributed by atoms with E-state index in [-0.39, 0.29) is 24.2 Å². The number of amides is 2. The lowest BCUT2D eigenvalue weighted by Crippen LogP contribution is -2.55. The van der Waals surface area contributed by atoms with Crippen LogP contribution in [0.2, 0.25) is 0 Å². The van der Waals surface area contributed by atoms with Crippen molar-refractivity contribution in [2.45, 2.75) is 85.2 Å². The van der Waals surface area contributed by atoms with Crippen LogP contribution in [0.3, 0.4) is 0 Å². The van der Waals surface area contributed by atoms with E-state index in [4.69, 9.17) is 14.2 Å². The minimum atomic E-state index is -3.11. The van der Waals surface area contributed by atoms with Crippen LogP contribution in [0, 0.1) is 6.92 Å². The SMILES string of the molecule is Cc1cc(N2CCC(N3CCN(C(=O)OC(C)(C)C)CC3)CC2)cc2c1OCc1c(N3CCS(=O)(=O)CC3)ncnc1N2C(=O)OC(C)(C)C. The van der Waals surface area contributed by atoms with E-state index < -0.39 is 27.1 Å². The predicted octanol–water partition coefficient (Wildman–Crippen LogP) is 4.51. The molecule has 15 heteroatoms. The first kappa shape index (κ1) is 36.0. The molecule has 4 aliphatic heterocycles. The maximum atomic E-state index is 14.1. The normalized spacial score (nSPS) is 20.4. The number of piperidine rings is 1. The van der Waals surface area contributed by atoms with Crippen LogP contribution in [-0.2, 0) is 25.9 Å². The highest BCUT2D eigenvalue weighted by atomic mass is 32.2. The number of fused-ring (bicyclic) bond motifs is 2. The van der Waals surface area contributed by atoms with Gasteiger partial charge in [0, 0.05) is 64.1 Å². The van der Waals surface area contributed by atoms with Crippen molar-refractivity contribution in [1.29, 1.82) is 0 Å². The first-order valence-corrected chi connectivity index (χ1v) is 19.4. The smallest absolute Gasteiger partial charge is 0.420 e. The molecule has 4 aliphatic rings. The van der Waals surface area contributed by atoms with Crippen molar-refractivity contribution < 1.29 is 32.2 Å². The molecular formula is C35H51N7O7S. The van der Waals surface area contributed by atoms with Gasteiger partial charge in [-0.2, -0.15) is 0 Å². The fourth-order valence-electron chi connectivity index (χ4n) is 7.02. The van der Waals surface area contributed by atoms with Crippen LogP contribution in [0.4, 0.5) is 32.6 Å². The van der Waals surface area contributed by atoms with Gasteiger partial charge in [0.1, 0.15) is 35.7 Å². The second-order valence-corrected chi connectivity index (χ2v) is 17.9. The summed E-state index contributed by atoms with van der Waals surface area (Å²) in [6, 6.07) is 4.50. The zero-order chi connectivity index (χ0) is 36.0. The maximum absolute atomic E-state index is 14.1. The Balaban J connectivity index is 1.23. The maximum Gasteiger partial charge on any atom is 0.420 e. The van der Waals surface area contributed by atoms with Crippen molar-refractivity contribution in [2.24, 2.45) is 0 Å². The van der Waals surface area contributed by atoms with Crippen molar-refractivity contribution >= 4 is 45.0 Å². The average molecular weight is 714 g/mol. The average Bonchev–Trinajstić information content (AvgIpc) is 3.21. The molecule has 50 heavy (non-hydrogen) atoms. The van der Waals surface area contributed by atoms with Crippen molar-refractivity contribution in [3.05, 3.63) is 29.6 Å². The number of aryl methyl sites for hydroxylation is 1. The molecule has 0 radical (unpaired) electrons. The standard InChI is InChI=1S/C35H51N7O7S/c1-24-20-26(38-10-8-25(9-11-38)39-12-14-41(15-13-39)32(43)48-34(2,3)4)21-28-29(24)47-22-27-30(40-16-18-50(45,46)19-17-40)36-23-37-31(27)42(28)33(44)49-35(5,6)7/h20-21,23,25H,8-19,22H2,1-7H3. The van der Waals surface area contributed by atoms with Gasteiger partial charge in [-0.15, -0.1) is 0 Å². The molecule has 14 nitrogen and oxygen atoms in total. The van der Waals surface area contributed by atoms with Gasteiger partial charge in [0.05, 0.1) is 22.8 Å². The van der Waals surface area contributed by atoms with Crippen molar-refractivity contribution in [1.82, 2.24) is 19.8 Å². The van der Waals surface area contributed by atoms with E-state index in [1.165, 1.54) is 11.2 Å². The van der Waals surface area contributed by atoms with Gasteiger partial charge in [-0.3, -0.25) is 4.90 Å². The predicted molar refractivity (Wildman–Crippen MR) is 191 cm³/mol.